The van der Waals surface area contributed by atoms with Gasteiger partial charge in [-0.25, -0.2) is 9.97 Å². The normalized spacial score (nSPS) is 12.3. The standard InChI is InChI=1S/C24H19N7O4/c32-31(33)22-23(27-16-6-8-18(9-7-16)30-29-17-4-2-1-3-5-17)25-15-26-24(22)28-19-10-11-20-21(14-19)35-13-12-34-20/h1-11,14-15H,12-13H2,(H2,25,26,27,28). The first-order valence-electron chi connectivity index (χ1n) is 10.7. The lowest BCUT2D eigenvalue weighted by atomic mass is 10.2. The van der Waals surface area contributed by atoms with Crippen LogP contribution in [0.5, 0.6) is 11.5 Å². The lowest BCUT2D eigenvalue weighted by Gasteiger charge is -2.19. The Hall–Kier alpha value is -5.06. The van der Waals surface area contributed by atoms with E-state index in [0.29, 0.717) is 41.8 Å². The molecule has 0 fully saturated rings. The third-order valence-electron chi connectivity index (χ3n) is 4.98. The van der Waals surface area contributed by atoms with E-state index in [0.717, 1.165) is 5.69 Å². The van der Waals surface area contributed by atoms with Crippen molar-refractivity contribution in [2.45, 2.75) is 0 Å². The van der Waals surface area contributed by atoms with Crippen LogP contribution in [0.4, 0.5) is 40.1 Å². The predicted octanol–water partition coefficient (Wildman–Crippen LogP) is 6.06. The van der Waals surface area contributed by atoms with Crippen LogP contribution in [0.15, 0.2) is 89.4 Å². The van der Waals surface area contributed by atoms with E-state index in [-0.39, 0.29) is 17.3 Å². The lowest BCUT2D eigenvalue weighted by Crippen LogP contribution is -2.15. The molecule has 0 radical (unpaired) electrons. The van der Waals surface area contributed by atoms with Crippen molar-refractivity contribution in [3.8, 4) is 11.5 Å². The van der Waals surface area contributed by atoms with E-state index in [1.54, 1.807) is 42.5 Å². The number of ether oxygens (including phenoxy) is 2. The van der Waals surface area contributed by atoms with Gasteiger partial charge < -0.3 is 20.1 Å². The Bertz CT molecular complexity index is 1380. The Kier molecular flexibility index (Phi) is 6.11. The molecule has 1 aliphatic heterocycles. The topological polar surface area (TPSA) is 136 Å². The molecule has 2 heterocycles. The van der Waals surface area contributed by atoms with Crippen LogP contribution < -0.4 is 20.1 Å². The maximum Gasteiger partial charge on any atom is 0.353 e. The molecule has 0 saturated carbocycles. The number of hydrogen-bond donors (Lipinski definition) is 2. The molecule has 1 aromatic heterocycles. The number of nitro groups is 1. The van der Waals surface area contributed by atoms with Crippen LogP contribution in [0.25, 0.3) is 0 Å². The average molecular weight is 469 g/mol. The molecular weight excluding hydrogens is 450 g/mol. The number of hydrogen-bond acceptors (Lipinski definition) is 10. The van der Waals surface area contributed by atoms with Gasteiger partial charge in [0, 0.05) is 17.4 Å². The Morgan fingerprint density at radius 2 is 1.37 bits per heavy atom. The minimum absolute atomic E-state index is 0.0393. The maximum atomic E-state index is 11.9. The summed E-state index contributed by atoms with van der Waals surface area (Å²) in [7, 11) is 0. The molecule has 3 aromatic carbocycles. The molecule has 0 atom stereocenters. The van der Waals surface area contributed by atoms with E-state index in [2.05, 4.69) is 30.8 Å². The summed E-state index contributed by atoms with van der Waals surface area (Å²) < 4.78 is 11.1. The van der Waals surface area contributed by atoms with Crippen LogP contribution in [0.1, 0.15) is 0 Å². The Labute approximate surface area is 199 Å². The molecular formula is C24H19N7O4. The molecule has 35 heavy (non-hydrogen) atoms. The highest BCUT2D eigenvalue weighted by Crippen LogP contribution is 2.37. The van der Waals surface area contributed by atoms with Gasteiger partial charge in [0.2, 0.25) is 11.6 Å². The fourth-order valence-corrected chi connectivity index (χ4v) is 3.35. The second-order valence-electron chi connectivity index (χ2n) is 7.37. The molecule has 5 rings (SSSR count). The van der Waals surface area contributed by atoms with Gasteiger partial charge in [0.1, 0.15) is 19.5 Å². The van der Waals surface area contributed by atoms with Crippen LogP contribution in [0.2, 0.25) is 0 Å². The summed E-state index contributed by atoms with van der Waals surface area (Å²) in [6.45, 7) is 0.910. The van der Waals surface area contributed by atoms with Crippen LogP contribution in [0.3, 0.4) is 0 Å². The number of aromatic nitrogens is 2. The molecule has 4 aromatic rings. The SMILES string of the molecule is O=[N+]([O-])c1c(Nc2ccc(N=Nc3ccccc3)cc2)ncnc1Nc1ccc2c(c1)OCCO2. The van der Waals surface area contributed by atoms with Gasteiger partial charge in [-0.3, -0.25) is 10.1 Å². The van der Waals surface area contributed by atoms with E-state index >= 15 is 0 Å². The first-order valence-corrected chi connectivity index (χ1v) is 10.7. The van der Waals surface area contributed by atoms with Crippen molar-refractivity contribution in [3.05, 3.63) is 89.2 Å². The third-order valence-corrected chi connectivity index (χ3v) is 4.98. The second-order valence-corrected chi connectivity index (χ2v) is 7.37. The van der Waals surface area contributed by atoms with Crippen LogP contribution >= 0.6 is 0 Å². The highest BCUT2D eigenvalue weighted by molar-refractivity contribution is 5.77. The number of nitrogens with zero attached hydrogens (tertiary/aromatic N) is 5. The summed E-state index contributed by atoms with van der Waals surface area (Å²) in [5.74, 6) is 1.26. The van der Waals surface area contributed by atoms with Crippen molar-refractivity contribution in [2.75, 3.05) is 23.8 Å². The van der Waals surface area contributed by atoms with E-state index < -0.39 is 4.92 Å². The number of nitrogens with one attached hydrogen (secondary N) is 2. The highest BCUT2D eigenvalue weighted by atomic mass is 16.6. The Balaban J connectivity index is 1.35. The van der Waals surface area contributed by atoms with E-state index in [1.807, 2.05) is 30.3 Å². The summed E-state index contributed by atoms with van der Waals surface area (Å²) in [4.78, 5) is 19.5. The fourth-order valence-electron chi connectivity index (χ4n) is 3.35. The van der Waals surface area contributed by atoms with Crippen LogP contribution in [0, 0.1) is 10.1 Å². The highest BCUT2D eigenvalue weighted by Gasteiger charge is 2.24. The third kappa shape index (κ3) is 5.14. The van der Waals surface area contributed by atoms with Crippen molar-refractivity contribution >= 4 is 40.1 Å². The minimum atomic E-state index is -0.537. The largest absolute Gasteiger partial charge is 0.486 e. The first kappa shape index (κ1) is 21.8. The molecule has 11 heteroatoms. The molecule has 11 nitrogen and oxygen atoms in total. The van der Waals surface area contributed by atoms with Crippen molar-refractivity contribution in [1.82, 2.24) is 9.97 Å². The molecule has 174 valence electrons. The van der Waals surface area contributed by atoms with Crippen LogP contribution in [-0.4, -0.2) is 28.1 Å². The molecule has 0 unspecified atom stereocenters. The van der Waals surface area contributed by atoms with Gasteiger partial charge in [0.05, 0.1) is 16.3 Å². The molecule has 0 amide bonds. The van der Waals surface area contributed by atoms with Gasteiger partial charge in [0.15, 0.2) is 11.5 Å². The molecule has 0 aliphatic carbocycles. The van der Waals surface area contributed by atoms with Gasteiger partial charge in [-0.2, -0.15) is 10.2 Å². The smallest absolute Gasteiger partial charge is 0.353 e. The van der Waals surface area contributed by atoms with E-state index in [9.17, 15) is 10.1 Å². The van der Waals surface area contributed by atoms with Crippen molar-refractivity contribution in [2.24, 2.45) is 10.2 Å². The van der Waals surface area contributed by atoms with Crippen molar-refractivity contribution < 1.29 is 14.4 Å². The number of azo groups is 1. The quantitative estimate of drug-likeness (QED) is 0.189. The maximum absolute atomic E-state index is 11.9. The van der Waals surface area contributed by atoms with E-state index in [1.165, 1.54) is 6.33 Å². The molecule has 1 aliphatic rings. The van der Waals surface area contributed by atoms with Crippen LogP contribution in [-0.2, 0) is 0 Å². The zero-order valence-electron chi connectivity index (χ0n) is 18.3. The summed E-state index contributed by atoms with van der Waals surface area (Å²) in [6.07, 6.45) is 1.25. The van der Waals surface area contributed by atoms with Gasteiger partial charge in [-0.15, -0.1) is 0 Å². The zero-order valence-corrected chi connectivity index (χ0v) is 18.3. The second kappa shape index (κ2) is 9.83. The summed E-state index contributed by atoms with van der Waals surface area (Å²) in [6, 6.07) is 21.5. The minimum Gasteiger partial charge on any atom is -0.486 e. The molecule has 0 spiro atoms. The van der Waals surface area contributed by atoms with E-state index in [4.69, 9.17) is 9.47 Å². The molecule has 0 bridgehead atoms. The van der Waals surface area contributed by atoms with Gasteiger partial charge >= 0.3 is 5.69 Å². The number of fused-ring (bicyclic) bond motifs is 1. The molecule has 0 saturated heterocycles. The molecule has 2 N–H and O–H groups in total. The zero-order chi connectivity index (χ0) is 24.0. The predicted molar refractivity (Wildman–Crippen MR) is 130 cm³/mol. The van der Waals surface area contributed by atoms with Crippen molar-refractivity contribution in [1.29, 1.82) is 0 Å². The van der Waals surface area contributed by atoms with Gasteiger partial charge in [-0.05, 0) is 48.5 Å². The summed E-state index contributed by atoms with van der Waals surface area (Å²) in [5.41, 5.74) is 2.24. The van der Waals surface area contributed by atoms with Gasteiger partial charge in [0.25, 0.3) is 0 Å². The lowest BCUT2D eigenvalue weighted by molar-refractivity contribution is -0.383. The number of anilines is 4. The average Bonchev–Trinajstić information content (AvgIpc) is 2.89. The van der Waals surface area contributed by atoms with Crippen molar-refractivity contribution in [3.63, 3.8) is 0 Å². The number of rotatable bonds is 7. The number of benzene rings is 3. The Morgan fingerprint density at radius 1 is 0.771 bits per heavy atom. The monoisotopic (exact) mass is 469 g/mol. The summed E-state index contributed by atoms with van der Waals surface area (Å²) in [5, 5.41) is 26.2. The summed E-state index contributed by atoms with van der Waals surface area (Å²) >= 11 is 0. The Morgan fingerprint density at radius 3 is 2.06 bits per heavy atom. The fraction of sp³-hybridized carbons (Fsp3) is 0.0833. The first-order chi connectivity index (χ1) is 17.2. The van der Waals surface area contributed by atoms with Gasteiger partial charge in [-0.1, -0.05) is 18.2 Å².